The van der Waals surface area contributed by atoms with Crippen molar-refractivity contribution in [3.8, 4) is 0 Å². The first kappa shape index (κ1) is 27.0. The molecule has 2 atom stereocenters. The second-order valence-electron chi connectivity index (χ2n) is 8.63. The molecule has 5 nitrogen and oxygen atoms in total. The number of ether oxygens (including phenoxy) is 2. The van der Waals surface area contributed by atoms with Gasteiger partial charge in [-0.3, -0.25) is 4.79 Å². The van der Waals surface area contributed by atoms with Gasteiger partial charge in [-0.1, -0.05) is 38.2 Å². The fourth-order valence-electron chi connectivity index (χ4n) is 2.86. The second kappa shape index (κ2) is 13.2. The third-order valence-electron chi connectivity index (χ3n) is 4.50. The lowest BCUT2D eigenvalue weighted by molar-refractivity contribution is -0.145. The topological polar surface area (TPSA) is 55.8 Å². The summed E-state index contributed by atoms with van der Waals surface area (Å²) in [6, 6.07) is 0. The SMILES string of the molecule is C=CC/C(=C\C(C)CCC(=C)[C@@H](CCN(C)C(=O)OC(C)(C)C)OC(C)=O)CC. The Morgan fingerprint density at radius 3 is 2.31 bits per heavy atom. The summed E-state index contributed by atoms with van der Waals surface area (Å²) in [5.74, 6) is 0.0623. The number of rotatable bonds is 12. The lowest BCUT2D eigenvalue weighted by atomic mass is 9.94. The minimum Gasteiger partial charge on any atom is -0.458 e. The van der Waals surface area contributed by atoms with Crippen molar-refractivity contribution in [1.82, 2.24) is 4.90 Å². The number of amides is 1. The average Bonchev–Trinajstić information content (AvgIpc) is 2.60. The molecule has 1 unspecified atom stereocenters. The third-order valence-corrected chi connectivity index (χ3v) is 4.50. The lowest BCUT2D eigenvalue weighted by Gasteiger charge is -2.26. The summed E-state index contributed by atoms with van der Waals surface area (Å²) < 4.78 is 10.8. The Balaban J connectivity index is 4.80. The van der Waals surface area contributed by atoms with Crippen molar-refractivity contribution in [2.75, 3.05) is 13.6 Å². The third kappa shape index (κ3) is 12.9. The van der Waals surface area contributed by atoms with Crippen molar-refractivity contribution in [1.29, 1.82) is 0 Å². The maximum absolute atomic E-state index is 12.1. The van der Waals surface area contributed by atoms with Crippen LogP contribution in [0.5, 0.6) is 0 Å². The lowest BCUT2D eigenvalue weighted by Crippen LogP contribution is -2.36. The van der Waals surface area contributed by atoms with Crippen LogP contribution in [0.4, 0.5) is 4.79 Å². The maximum Gasteiger partial charge on any atom is 0.410 e. The highest BCUT2D eigenvalue weighted by atomic mass is 16.6. The van der Waals surface area contributed by atoms with E-state index in [0.717, 1.165) is 31.3 Å². The average molecular weight is 408 g/mol. The number of esters is 1. The number of hydrogen-bond acceptors (Lipinski definition) is 4. The van der Waals surface area contributed by atoms with Crippen LogP contribution in [0.1, 0.15) is 73.6 Å². The largest absolute Gasteiger partial charge is 0.458 e. The van der Waals surface area contributed by atoms with Gasteiger partial charge in [0.2, 0.25) is 0 Å². The number of hydrogen-bond donors (Lipinski definition) is 0. The molecule has 0 aliphatic carbocycles. The zero-order valence-corrected chi connectivity index (χ0v) is 19.5. The van der Waals surface area contributed by atoms with Gasteiger partial charge in [-0.25, -0.2) is 4.79 Å². The van der Waals surface area contributed by atoms with Crippen molar-refractivity contribution in [3.63, 3.8) is 0 Å². The van der Waals surface area contributed by atoms with E-state index in [9.17, 15) is 9.59 Å². The van der Waals surface area contributed by atoms with Gasteiger partial charge in [0.05, 0.1) is 0 Å². The Morgan fingerprint density at radius 2 is 1.83 bits per heavy atom. The Kier molecular flexibility index (Phi) is 12.3. The van der Waals surface area contributed by atoms with Gasteiger partial charge in [0.15, 0.2) is 0 Å². The smallest absolute Gasteiger partial charge is 0.410 e. The summed E-state index contributed by atoms with van der Waals surface area (Å²) in [6.07, 6.45) is 7.54. The molecule has 0 aromatic carbocycles. The molecule has 0 rings (SSSR count). The van der Waals surface area contributed by atoms with E-state index < -0.39 is 17.8 Å². The Hall–Kier alpha value is -2.04. The van der Waals surface area contributed by atoms with Crippen LogP contribution in [0.3, 0.4) is 0 Å². The van der Waals surface area contributed by atoms with E-state index in [2.05, 4.69) is 33.1 Å². The van der Waals surface area contributed by atoms with Gasteiger partial charge in [-0.15, -0.1) is 6.58 Å². The molecule has 0 radical (unpaired) electrons. The van der Waals surface area contributed by atoms with Gasteiger partial charge < -0.3 is 14.4 Å². The Morgan fingerprint density at radius 1 is 1.21 bits per heavy atom. The molecule has 166 valence electrons. The van der Waals surface area contributed by atoms with Gasteiger partial charge in [0.1, 0.15) is 11.7 Å². The number of nitrogens with zero attached hydrogens (tertiary/aromatic N) is 1. The quantitative estimate of drug-likeness (QED) is 0.291. The molecule has 0 N–H and O–H groups in total. The fraction of sp³-hybridized carbons (Fsp3) is 0.667. The molecule has 0 spiro atoms. The van der Waals surface area contributed by atoms with E-state index in [1.807, 2.05) is 26.8 Å². The van der Waals surface area contributed by atoms with Crippen molar-refractivity contribution in [2.45, 2.75) is 85.4 Å². The molecule has 29 heavy (non-hydrogen) atoms. The van der Waals surface area contributed by atoms with Crippen LogP contribution >= 0.6 is 0 Å². The van der Waals surface area contributed by atoms with Gasteiger partial charge in [-0.2, -0.15) is 0 Å². The van der Waals surface area contributed by atoms with E-state index in [0.29, 0.717) is 18.9 Å². The van der Waals surface area contributed by atoms with Crippen LogP contribution in [0.25, 0.3) is 0 Å². The minimum atomic E-state index is -0.545. The zero-order chi connectivity index (χ0) is 22.6. The van der Waals surface area contributed by atoms with Crippen LogP contribution in [0, 0.1) is 5.92 Å². The van der Waals surface area contributed by atoms with E-state index in [-0.39, 0.29) is 5.97 Å². The van der Waals surface area contributed by atoms with Crippen LogP contribution in [0.15, 0.2) is 36.5 Å². The molecule has 0 bridgehead atoms. The predicted molar refractivity (Wildman–Crippen MR) is 120 cm³/mol. The first-order valence-electron chi connectivity index (χ1n) is 10.5. The van der Waals surface area contributed by atoms with E-state index in [1.165, 1.54) is 17.4 Å². The molecule has 0 saturated heterocycles. The van der Waals surface area contributed by atoms with Crippen molar-refractivity contribution in [3.05, 3.63) is 36.5 Å². The summed E-state index contributed by atoms with van der Waals surface area (Å²) in [4.78, 5) is 25.2. The van der Waals surface area contributed by atoms with Gasteiger partial charge in [0.25, 0.3) is 0 Å². The predicted octanol–water partition coefficient (Wildman–Crippen LogP) is 6.06. The first-order chi connectivity index (χ1) is 13.4. The Labute approximate surface area is 177 Å². The van der Waals surface area contributed by atoms with Crippen LogP contribution in [-0.2, 0) is 14.3 Å². The highest BCUT2D eigenvalue weighted by Crippen LogP contribution is 2.22. The summed E-state index contributed by atoms with van der Waals surface area (Å²) in [5.41, 5.74) is 1.71. The molecule has 0 aromatic heterocycles. The molecular weight excluding hydrogens is 366 g/mol. The van der Waals surface area contributed by atoms with Gasteiger partial charge in [-0.05, 0) is 57.9 Å². The van der Waals surface area contributed by atoms with E-state index in [4.69, 9.17) is 9.47 Å². The summed E-state index contributed by atoms with van der Waals surface area (Å²) in [7, 11) is 1.68. The normalized spacial score (nSPS) is 14.0. The first-order valence-corrected chi connectivity index (χ1v) is 10.5. The molecule has 0 aromatic rings. The molecule has 5 heteroatoms. The fourth-order valence-corrected chi connectivity index (χ4v) is 2.86. The molecule has 0 saturated carbocycles. The summed E-state index contributed by atoms with van der Waals surface area (Å²) in [6.45, 7) is 19.6. The van der Waals surface area contributed by atoms with Crippen molar-refractivity contribution < 1.29 is 19.1 Å². The molecule has 0 fully saturated rings. The van der Waals surface area contributed by atoms with Crippen molar-refractivity contribution in [2.24, 2.45) is 5.92 Å². The van der Waals surface area contributed by atoms with Crippen LogP contribution in [-0.4, -0.2) is 42.3 Å². The van der Waals surface area contributed by atoms with E-state index >= 15 is 0 Å². The summed E-state index contributed by atoms with van der Waals surface area (Å²) in [5, 5.41) is 0. The highest BCUT2D eigenvalue weighted by Gasteiger charge is 2.22. The summed E-state index contributed by atoms with van der Waals surface area (Å²) >= 11 is 0. The minimum absolute atomic E-state index is 0.344. The van der Waals surface area contributed by atoms with Crippen LogP contribution in [0.2, 0.25) is 0 Å². The molecule has 1 amide bonds. The van der Waals surface area contributed by atoms with Crippen molar-refractivity contribution >= 4 is 12.1 Å². The number of carbonyl (C=O) groups excluding carboxylic acids is 2. The number of allylic oxidation sites excluding steroid dienone is 3. The molecular formula is C24H41NO4. The molecule has 0 heterocycles. The zero-order valence-electron chi connectivity index (χ0n) is 19.5. The Bertz CT molecular complexity index is 586. The monoisotopic (exact) mass is 407 g/mol. The molecule has 0 aliphatic rings. The van der Waals surface area contributed by atoms with E-state index in [1.54, 1.807) is 7.05 Å². The standard InChI is InChI=1S/C24H41NO4/c1-10-12-21(11-2)17-18(3)13-14-19(4)22(28-20(5)26)15-16-25(9)23(27)29-24(6,7)8/h10,17-18,22H,1,4,11-16H2,2-3,5-9H3/b21-17-/t18?,22-/m1/s1. The number of carbonyl (C=O) groups is 2. The van der Waals surface area contributed by atoms with Gasteiger partial charge in [0, 0.05) is 26.9 Å². The second-order valence-corrected chi connectivity index (χ2v) is 8.63. The highest BCUT2D eigenvalue weighted by molar-refractivity contribution is 5.68. The maximum atomic E-state index is 12.1. The molecule has 0 aliphatic heterocycles. The van der Waals surface area contributed by atoms with Crippen LogP contribution < -0.4 is 0 Å². The van der Waals surface area contributed by atoms with Gasteiger partial charge >= 0.3 is 12.1 Å².